The molecular formula is C15H22N4O2S. The smallest absolute Gasteiger partial charge is 0.235 e. The van der Waals surface area contributed by atoms with Crippen molar-refractivity contribution < 1.29 is 8.42 Å². The number of anilines is 1. The van der Waals surface area contributed by atoms with Gasteiger partial charge in [-0.25, -0.2) is 13.4 Å². The summed E-state index contributed by atoms with van der Waals surface area (Å²) >= 11 is 0. The van der Waals surface area contributed by atoms with Gasteiger partial charge in [0.15, 0.2) is 5.96 Å². The van der Waals surface area contributed by atoms with Crippen molar-refractivity contribution in [2.75, 3.05) is 23.1 Å². The maximum atomic E-state index is 11.9. The van der Waals surface area contributed by atoms with E-state index in [9.17, 15) is 8.42 Å². The molecule has 0 aliphatic carbocycles. The zero-order valence-corrected chi connectivity index (χ0v) is 13.6. The molecule has 0 amide bonds. The number of nitrogens with zero attached hydrogens (tertiary/aromatic N) is 2. The quantitative estimate of drug-likeness (QED) is 0.484. The van der Waals surface area contributed by atoms with E-state index in [0.29, 0.717) is 37.7 Å². The number of guanidine groups is 1. The van der Waals surface area contributed by atoms with Gasteiger partial charge in [0.25, 0.3) is 0 Å². The Kier molecular flexibility index (Phi) is 5.07. The van der Waals surface area contributed by atoms with Gasteiger partial charge in [-0.1, -0.05) is 24.3 Å². The van der Waals surface area contributed by atoms with Gasteiger partial charge >= 0.3 is 0 Å². The van der Waals surface area contributed by atoms with Crippen molar-refractivity contribution in [3.05, 3.63) is 42.0 Å². The molecule has 1 saturated heterocycles. The fourth-order valence-electron chi connectivity index (χ4n) is 2.21. The zero-order valence-electron chi connectivity index (χ0n) is 12.7. The van der Waals surface area contributed by atoms with Gasteiger partial charge in [0.2, 0.25) is 10.0 Å². The summed E-state index contributed by atoms with van der Waals surface area (Å²) in [5, 5.41) is 2.96. The number of sulfonamides is 1. The number of rotatable bonds is 5. The summed E-state index contributed by atoms with van der Waals surface area (Å²) in [4.78, 5) is 4.24. The molecule has 0 aromatic heterocycles. The molecule has 1 aliphatic heterocycles. The lowest BCUT2D eigenvalue weighted by atomic mass is 10.2. The Bertz CT molecular complexity index is 683. The van der Waals surface area contributed by atoms with Gasteiger partial charge < -0.3 is 11.1 Å². The van der Waals surface area contributed by atoms with Crippen LogP contribution in [-0.4, -0.2) is 33.2 Å². The zero-order chi connectivity index (χ0) is 16.2. The van der Waals surface area contributed by atoms with Crippen LogP contribution in [0.3, 0.4) is 0 Å². The Morgan fingerprint density at radius 3 is 2.91 bits per heavy atom. The van der Waals surface area contributed by atoms with Crippen LogP contribution in [0.15, 0.2) is 41.4 Å². The Balaban J connectivity index is 2.06. The molecule has 1 aromatic rings. The van der Waals surface area contributed by atoms with E-state index in [2.05, 4.69) is 16.9 Å². The Hall–Kier alpha value is -2.02. The molecule has 3 N–H and O–H groups in total. The average molecular weight is 322 g/mol. The molecule has 0 unspecified atom stereocenters. The maximum Gasteiger partial charge on any atom is 0.235 e. The summed E-state index contributed by atoms with van der Waals surface area (Å²) in [7, 11) is -3.16. The predicted molar refractivity (Wildman–Crippen MR) is 90.3 cm³/mol. The average Bonchev–Trinajstić information content (AvgIpc) is 2.82. The van der Waals surface area contributed by atoms with Crippen LogP contribution in [0.2, 0.25) is 0 Å². The van der Waals surface area contributed by atoms with E-state index in [0.717, 1.165) is 11.1 Å². The van der Waals surface area contributed by atoms with Crippen LogP contribution in [0.25, 0.3) is 0 Å². The van der Waals surface area contributed by atoms with E-state index in [1.54, 1.807) is 6.07 Å². The number of hydrogen-bond donors (Lipinski definition) is 2. The lowest BCUT2D eigenvalue weighted by Crippen LogP contribution is -2.32. The molecule has 0 bridgehead atoms. The van der Waals surface area contributed by atoms with E-state index in [-0.39, 0.29) is 5.75 Å². The first-order valence-electron chi connectivity index (χ1n) is 7.16. The van der Waals surface area contributed by atoms with Crippen LogP contribution >= 0.6 is 0 Å². The van der Waals surface area contributed by atoms with Crippen LogP contribution < -0.4 is 15.4 Å². The third-order valence-corrected chi connectivity index (χ3v) is 5.17. The van der Waals surface area contributed by atoms with E-state index in [1.807, 2.05) is 25.1 Å². The van der Waals surface area contributed by atoms with Gasteiger partial charge in [-0.3, -0.25) is 4.31 Å². The van der Waals surface area contributed by atoms with Gasteiger partial charge in [-0.2, -0.15) is 0 Å². The molecule has 7 heteroatoms. The van der Waals surface area contributed by atoms with Crippen LogP contribution in [0.4, 0.5) is 5.69 Å². The minimum atomic E-state index is -3.16. The van der Waals surface area contributed by atoms with Gasteiger partial charge in [0.05, 0.1) is 18.0 Å². The molecule has 1 aliphatic rings. The van der Waals surface area contributed by atoms with E-state index < -0.39 is 10.0 Å². The predicted octanol–water partition coefficient (Wildman–Crippen LogP) is 1.21. The van der Waals surface area contributed by atoms with Crippen molar-refractivity contribution in [1.29, 1.82) is 0 Å². The maximum absolute atomic E-state index is 11.9. The molecule has 0 radical (unpaired) electrons. The van der Waals surface area contributed by atoms with Gasteiger partial charge in [0, 0.05) is 13.1 Å². The number of nitrogens with two attached hydrogens (primary N) is 1. The number of nitrogens with one attached hydrogen (secondary N) is 1. The number of benzene rings is 1. The summed E-state index contributed by atoms with van der Waals surface area (Å²) < 4.78 is 25.4. The van der Waals surface area contributed by atoms with Crippen LogP contribution in [0.1, 0.15) is 18.9 Å². The third-order valence-electron chi connectivity index (χ3n) is 3.30. The number of aliphatic imine (C=N–C) groups is 1. The van der Waals surface area contributed by atoms with Gasteiger partial charge in [0.1, 0.15) is 0 Å². The standard InChI is InChI=1S/C15H22N4O2S/c1-12(2)10-17-15(16)18-11-13-5-3-6-14(9-13)19-7-4-8-22(19,20)21/h3,5-6,9H,1,4,7-8,10-11H2,2H3,(H3,16,17,18). The van der Waals surface area contributed by atoms with Crippen molar-refractivity contribution in [1.82, 2.24) is 5.32 Å². The third kappa shape index (κ3) is 4.24. The first-order chi connectivity index (χ1) is 10.4. The van der Waals surface area contributed by atoms with E-state index in [4.69, 9.17) is 5.73 Å². The molecule has 6 nitrogen and oxygen atoms in total. The molecule has 1 aromatic carbocycles. The molecule has 0 saturated carbocycles. The fourth-order valence-corrected chi connectivity index (χ4v) is 3.77. The molecule has 0 spiro atoms. The summed E-state index contributed by atoms with van der Waals surface area (Å²) in [5.41, 5.74) is 8.35. The second-order valence-electron chi connectivity index (χ2n) is 5.42. The monoisotopic (exact) mass is 322 g/mol. The molecule has 1 heterocycles. The Morgan fingerprint density at radius 1 is 1.50 bits per heavy atom. The molecule has 1 fully saturated rings. The number of hydrogen-bond acceptors (Lipinski definition) is 3. The van der Waals surface area contributed by atoms with Crippen LogP contribution in [-0.2, 0) is 16.6 Å². The SMILES string of the molecule is C=C(C)CNC(N)=NCc1cccc(N2CCCS2(=O)=O)c1. The molecule has 22 heavy (non-hydrogen) atoms. The van der Waals surface area contributed by atoms with Crippen molar-refractivity contribution in [3.63, 3.8) is 0 Å². The van der Waals surface area contributed by atoms with E-state index >= 15 is 0 Å². The first kappa shape index (κ1) is 16.4. The second-order valence-corrected chi connectivity index (χ2v) is 7.44. The minimum absolute atomic E-state index is 0.215. The molecule has 0 atom stereocenters. The normalized spacial score (nSPS) is 17.5. The molecular weight excluding hydrogens is 300 g/mol. The van der Waals surface area contributed by atoms with Crippen molar-refractivity contribution in [2.24, 2.45) is 10.7 Å². The van der Waals surface area contributed by atoms with Gasteiger partial charge in [-0.05, 0) is 31.0 Å². The van der Waals surface area contributed by atoms with Crippen molar-refractivity contribution >= 4 is 21.7 Å². The van der Waals surface area contributed by atoms with Gasteiger partial charge in [-0.15, -0.1) is 0 Å². The summed E-state index contributed by atoms with van der Waals surface area (Å²) in [6.45, 7) is 7.21. The highest BCUT2D eigenvalue weighted by Crippen LogP contribution is 2.24. The lowest BCUT2D eigenvalue weighted by molar-refractivity contribution is 0.599. The highest BCUT2D eigenvalue weighted by molar-refractivity contribution is 7.93. The topological polar surface area (TPSA) is 87.8 Å². The van der Waals surface area contributed by atoms with Crippen LogP contribution in [0.5, 0.6) is 0 Å². The highest BCUT2D eigenvalue weighted by atomic mass is 32.2. The Labute approximate surface area is 131 Å². The Morgan fingerprint density at radius 2 is 2.27 bits per heavy atom. The fraction of sp³-hybridized carbons (Fsp3) is 0.400. The largest absolute Gasteiger partial charge is 0.370 e. The first-order valence-corrected chi connectivity index (χ1v) is 8.77. The van der Waals surface area contributed by atoms with Crippen molar-refractivity contribution in [3.8, 4) is 0 Å². The summed E-state index contributed by atoms with van der Waals surface area (Å²) in [5.74, 6) is 0.565. The lowest BCUT2D eigenvalue weighted by Gasteiger charge is -2.17. The summed E-state index contributed by atoms with van der Waals surface area (Å²) in [6.07, 6.45) is 0.669. The van der Waals surface area contributed by atoms with Crippen LogP contribution in [0, 0.1) is 0 Å². The minimum Gasteiger partial charge on any atom is -0.370 e. The second kappa shape index (κ2) is 6.83. The molecule has 2 rings (SSSR count). The highest BCUT2D eigenvalue weighted by Gasteiger charge is 2.28. The van der Waals surface area contributed by atoms with Crippen molar-refractivity contribution in [2.45, 2.75) is 19.9 Å². The summed E-state index contributed by atoms with van der Waals surface area (Å²) in [6, 6.07) is 7.39. The molecule has 120 valence electrons. The van der Waals surface area contributed by atoms with E-state index in [1.165, 1.54) is 4.31 Å².